The highest BCUT2D eigenvalue weighted by atomic mass is 16.5. The molecule has 0 unspecified atom stereocenters. The van der Waals surface area contributed by atoms with Crippen LogP contribution in [0.1, 0.15) is 22.1 Å². The Labute approximate surface area is 114 Å². The lowest BCUT2D eigenvalue weighted by molar-refractivity contribution is -0.115. The summed E-state index contributed by atoms with van der Waals surface area (Å²) in [4.78, 5) is 26.9. The Kier molecular flexibility index (Phi) is 4.09. The van der Waals surface area contributed by atoms with Crippen molar-refractivity contribution in [2.75, 3.05) is 12.4 Å². The molecule has 0 aliphatic rings. The Balaban J connectivity index is 1.96. The maximum absolute atomic E-state index is 11.7. The van der Waals surface area contributed by atoms with Crippen LogP contribution in [0.15, 0.2) is 28.8 Å². The molecular weight excluding hydrogens is 262 g/mol. The second-order valence-corrected chi connectivity index (χ2v) is 4.02. The minimum Gasteiger partial charge on any atom is -0.465 e. The van der Waals surface area contributed by atoms with Gasteiger partial charge in [-0.25, -0.2) is 4.79 Å². The molecule has 1 aromatic carbocycles. The van der Waals surface area contributed by atoms with Crippen molar-refractivity contribution >= 4 is 17.6 Å². The van der Waals surface area contributed by atoms with Gasteiger partial charge in [0.05, 0.1) is 19.1 Å². The third kappa shape index (κ3) is 3.41. The lowest BCUT2D eigenvalue weighted by Gasteiger charge is -2.04. The SMILES string of the molecule is COC(=O)c1ccc(NC(=O)Cc2noc(C)n2)cc1. The van der Waals surface area contributed by atoms with E-state index in [2.05, 4.69) is 20.2 Å². The van der Waals surface area contributed by atoms with Crippen molar-refractivity contribution in [3.8, 4) is 0 Å². The van der Waals surface area contributed by atoms with Gasteiger partial charge in [0, 0.05) is 12.6 Å². The first-order chi connectivity index (χ1) is 9.58. The number of rotatable bonds is 4. The minimum atomic E-state index is -0.426. The van der Waals surface area contributed by atoms with Gasteiger partial charge in [0.2, 0.25) is 11.8 Å². The molecule has 0 radical (unpaired) electrons. The minimum absolute atomic E-state index is 0.0239. The molecule has 1 heterocycles. The Morgan fingerprint density at radius 2 is 2.00 bits per heavy atom. The molecule has 2 aromatic rings. The van der Waals surface area contributed by atoms with Crippen LogP contribution in [-0.2, 0) is 16.0 Å². The van der Waals surface area contributed by atoms with Crippen LogP contribution in [0.25, 0.3) is 0 Å². The molecule has 0 fully saturated rings. The monoisotopic (exact) mass is 275 g/mol. The first kappa shape index (κ1) is 13.7. The highest BCUT2D eigenvalue weighted by Crippen LogP contribution is 2.11. The van der Waals surface area contributed by atoms with Crippen LogP contribution < -0.4 is 5.32 Å². The molecule has 0 aliphatic carbocycles. The van der Waals surface area contributed by atoms with Crippen LogP contribution in [0.2, 0.25) is 0 Å². The number of benzene rings is 1. The number of esters is 1. The fourth-order valence-corrected chi connectivity index (χ4v) is 1.57. The molecule has 2 rings (SSSR count). The fraction of sp³-hybridized carbons (Fsp3) is 0.231. The summed E-state index contributed by atoms with van der Waals surface area (Å²) in [6.45, 7) is 1.65. The van der Waals surface area contributed by atoms with Gasteiger partial charge in [-0.15, -0.1) is 0 Å². The largest absolute Gasteiger partial charge is 0.465 e. The van der Waals surface area contributed by atoms with E-state index in [1.54, 1.807) is 31.2 Å². The summed E-state index contributed by atoms with van der Waals surface area (Å²) < 4.78 is 9.36. The Morgan fingerprint density at radius 3 is 2.55 bits per heavy atom. The van der Waals surface area contributed by atoms with Crippen LogP contribution in [0.3, 0.4) is 0 Å². The van der Waals surface area contributed by atoms with Crippen molar-refractivity contribution in [3.05, 3.63) is 41.5 Å². The number of amides is 1. The number of hydrogen-bond donors (Lipinski definition) is 1. The van der Waals surface area contributed by atoms with E-state index in [4.69, 9.17) is 4.52 Å². The van der Waals surface area contributed by atoms with E-state index >= 15 is 0 Å². The summed E-state index contributed by atoms with van der Waals surface area (Å²) in [5.41, 5.74) is 0.988. The average Bonchev–Trinajstić information content (AvgIpc) is 2.84. The van der Waals surface area contributed by atoms with E-state index in [9.17, 15) is 9.59 Å². The molecule has 7 heteroatoms. The predicted molar refractivity (Wildman–Crippen MR) is 69.2 cm³/mol. The van der Waals surface area contributed by atoms with Gasteiger partial charge in [-0.3, -0.25) is 4.79 Å². The zero-order chi connectivity index (χ0) is 14.5. The summed E-state index contributed by atoms with van der Waals surface area (Å²) in [6.07, 6.45) is 0.0239. The number of aromatic nitrogens is 2. The third-order valence-corrected chi connectivity index (χ3v) is 2.48. The summed E-state index contributed by atoms with van der Waals surface area (Å²) in [7, 11) is 1.31. The molecule has 20 heavy (non-hydrogen) atoms. The van der Waals surface area contributed by atoms with Crippen molar-refractivity contribution in [1.29, 1.82) is 0 Å². The highest BCUT2D eigenvalue weighted by Gasteiger charge is 2.10. The number of nitrogens with zero attached hydrogens (tertiary/aromatic N) is 2. The Bertz CT molecular complexity index is 619. The molecular formula is C13H13N3O4. The van der Waals surface area contributed by atoms with Crippen molar-refractivity contribution in [2.24, 2.45) is 0 Å². The van der Waals surface area contributed by atoms with Gasteiger partial charge < -0.3 is 14.6 Å². The average molecular weight is 275 g/mol. The zero-order valence-corrected chi connectivity index (χ0v) is 11.0. The Morgan fingerprint density at radius 1 is 1.30 bits per heavy atom. The van der Waals surface area contributed by atoms with E-state index in [1.165, 1.54) is 7.11 Å². The van der Waals surface area contributed by atoms with Crippen molar-refractivity contribution in [3.63, 3.8) is 0 Å². The molecule has 0 spiro atoms. The summed E-state index contributed by atoms with van der Waals surface area (Å²) in [5, 5.41) is 6.31. The van der Waals surface area contributed by atoms with Crippen LogP contribution in [-0.4, -0.2) is 29.1 Å². The molecule has 0 atom stereocenters. The molecule has 0 saturated heterocycles. The van der Waals surface area contributed by atoms with E-state index in [1.807, 2.05) is 0 Å². The van der Waals surface area contributed by atoms with Crippen molar-refractivity contribution < 1.29 is 18.8 Å². The summed E-state index contributed by atoms with van der Waals surface area (Å²) in [6, 6.07) is 6.37. The van der Waals surface area contributed by atoms with Gasteiger partial charge in [0.1, 0.15) is 0 Å². The zero-order valence-electron chi connectivity index (χ0n) is 11.0. The molecule has 0 aliphatic heterocycles. The van der Waals surface area contributed by atoms with Gasteiger partial charge in [-0.05, 0) is 24.3 Å². The first-order valence-electron chi connectivity index (χ1n) is 5.86. The van der Waals surface area contributed by atoms with Gasteiger partial charge in [-0.2, -0.15) is 4.98 Å². The topological polar surface area (TPSA) is 94.3 Å². The van der Waals surface area contributed by atoms with Gasteiger partial charge in [-0.1, -0.05) is 5.16 Å². The van der Waals surface area contributed by atoms with E-state index in [0.29, 0.717) is 23.0 Å². The van der Waals surface area contributed by atoms with Crippen LogP contribution in [0, 0.1) is 6.92 Å². The maximum Gasteiger partial charge on any atom is 0.337 e. The lowest BCUT2D eigenvalue weighted by Crippen LogP contribution is -2.15. The van der Waals surface area contributed by atoms with E-state index < -0.39 is 5.97 Å². The quantitative estimate of drug-likeness (QED) is 0.846. The van der Waals surface area contributed by atoms with Gasteiger partial charge in [0.25, 0.3) is 0 Å². The number of aryl methyl sites for hydroxylation is 1. The van der Waals surface area contributed by atoms with Gasteiger partial charge in [0.15, 0.2) is 5.82 Å². The predicted octanol–water partition coefficient (Wildman–Crippen LogP) is 1.35. The lowest BCUT2D eigenvalue weighted by atomic mass is 10.2. The number of hydrogen-bond acceptors (Lipinski definition) is 6. The standard InChI is InChI=1S/C13H13N3O4/c1-8-14-11(16-20-8)7-12(17)15-10-5-3-9(4-6-10)13(18)19-2/h3-6H,7H2,1-2H3,(H,15,17). The molecule has 0 saturated carbocycles. The Hall–Kier alpha value is -2.70. The number of nitrogens with one attached hydrogen (secondary N) is 1. The third-order valence-electron chi connectivity index (χ3n) is 2.48. The molecule has 1 aromatic heterocycles. The van der Waals surface area contributed by atoms with E-state index in [0.717, 1.165) is 0 Å². The van der Waals surface area contributed by atoms with Gasteiger partial charge >= 0.3 is 5.97 Å². The molecule has 0 bridgehead atoms. The number of anilines is 1. The maximum atomic E-state index is 11.7. The van der Waals surface area contributed by atoms with Crippen LogP contribution >= 0.6 is 0 Å². The summed E-state index contributed by atoms with van der Waals surface area (Å²) >= 11 is 0. The first-order valence-corrected chi connectivity index (χ1v) is 5.86. The van der Waals surface area contributed by atoms with E-state index in [-0.39, 0.29) is 12.3 Å². The molecule has 7 nitrogen and oxygen atoms in total. The normalized spacial score (nSPS) is 10.1. The number of carbonyl (C=O) groups is 2. The number of carbonyl (C=O) groups excluding carboxylic acids is 2. The fourth-order valence-electron chi connectivity index (χ4n) is 1.57. The molecule has 104 valence electrons. The highest BCUT2D eigenvalue weighted by molar-refractivity contribution is 5.93. The smallest absolute Gasteiger partial charge is 0.337 e. The van der Waals surface area contributed by atoms with Crippen molar-refractivity contribution in [1.82, 2.24) is 10.1 Å². The number of methoxy groups -OCH3 is 1. The summed E-state index contributed by atoms with van der Waals surface area (Å²) in [5.74, 6) is 0.0446. The number of ether oxygens (including phenoxy) is 1. The van der Waals surface area contributed by atoms with Crippen LogP contribution in [0.4, 0.5) is 5.69 Å². The van der Waals surface area contributed by atoms with Crippen molar-refractivity contribution in [2.45, 2.75) is 13.3 Å². The second-order valence-electron chi connectivity index (χ2n) is 4.02. The molecule has 1 N–H and O–H groups in total. The van der Waals surface area contributed by atoms with Crippen LogP contribution in [0.5, 0.6) is 0 Å². The molecule has 1 amide bonds. The second kappa shape index (κ2) is 5.96.